The van der Waals surface area contributed by atoms with E-state index < -0.39 is 5.97 Å². The Bertz CT molecular complexity index is 678. The van der Waals surface area contributed by atoms with E-state index in [1.807, 2.05) is 23.8 Å². The Balaban J connectivity index is 1.57. The van der Waals surface area contributed by atoms with Crippen LogP contribution in [-0.4, -0.2) is 77.0 Å². The second kappa shape index (κ2) is 8.85. The zero-order valence-corrected chi connectivity index (χ0v) is 16.4. The van der Waals surface area contributed by atoms with Crippen molar-refractivity contribution in [3.63, 3.8) is 0 Å². The third kappa shape index (κ3) is 4.87. The van der Waals surface area contributed by atoms with E-state index in [-0.39, 0.29) is 24.5 Å². The van der Waals surface area contributed by atoms with Gasteiger partial charge < -0.3 is 10.0 Å². The summed E-state index contributed by atoms with van der Waals surface area (Å²) in [7, 11) is 1.87. The predicted molar refractivity (Wildman–Crippen MR) is 105 cm³/mol. The van der Waals surface area contributed by atoms with Crippen LogP contribution in [0, 0.1) is 0 Å². The molecule has 6 nitrogen and oxygen atoms in total. The van der Waals surface area contributed by atoms with Crippen molar-refractivity contribution < 1.29 is 14.7 Å². The van der Waals surface area contributed by atoms with E-state index in [2.05, 4.69) is 29.2 Å². The van der Waals surface area contributed by atoms with Gasteiger partial charge in [-0.1, -0.05) is 24.3 Å². The van der Waals surface area contributed by atoms with Gasteiger partial charge in [-0.25, -0.2) is 0 Å². The first-order chi connectivity index (χ1) is 13.0. The second-order valence-corrected chi connectivity index (χ2v) is 7.88. The van der Waals surface area contributed by atoms with E-state index >= 15 is 0 Å². The number of nitrogens with zero attached hydrogens (tertiary/aromatic N) is 3. The Morgan fingerprint density at radius 1 is 1.19 bits per heavy atom. The Hall–Kier alpha value is -1.92. The molecule has 0 saturated carbocycles. The summed E-state index contributed by atoms with van der Waals surface area (Å²) < 4.78 is 0. The van der Waals surface area contributed by atoms with E-state index in [0.29, 0.717) is 6.54 Å². The number of likely N-dealkylation sites (tertiary alicyclic amines) is 1. The number of rotatable bonds is 5. The van der Waals surface area contributed by atoms with Gasteiger partial charge in [0.05, 0.1) is 12.6 Å². The molecule has 27 heavy (non-hydrogen) atoms. The van der Waals surface area contributed by atoms with Crippen LogP contribution in [0.25, 0.3) is 0 Å². The molecule has 0 aromatic heterocycles. The van der Waals surface area contributed by atoms with Crippen LogP contribution in [0.3, 0.4) is 0 Å². The number of carboxylic acid groups (broad SMARTS) is 1. The zero-order chi connectivity index (χ0) is 19.4. The van der Waals surface area contributed by atoms with Crippen molar-refractivity contribution in [1.82, 2.24) is 14.7 Å². The molecule has 0 bridgehead atoms. The largest absolute Gasteiger partial charge is 0.480 e. The molecule has 2 heterocycles. The number of hydrogen-bond donors (Lipinski definition) is 1. The van der Waals surface area contributed by atoms with Crippen LogP contribution in [0.15, 0.2) is 24.3 Å². The molecule has 1 saturated heterocycles. The van der Waals surface area contributed by atoms with E-state index in [1.165, 1.54) is 11.1 Å². The minimum Gasteiger partial charge on any atom is -0.480 e. The van der Waals surface area contributed by atoms with Crippen LogP contribution in [0.2, 0.25) is 0 Å². The minimum absolute atomic E-state index is 0.0577. The summed E-state index contributed by atoms with van der Waals surface area (Å²) in [6, 6.07) is 8.60. The highest BCUT2D eigenvalue weighted by molar-refractivity contribution is 5.81. The molecule has 2 aliphatic rings. The summed E-state index contributed by atoms with van der Waals surface area (Å²) in [4.78, 5) is 30.2. The van der Waals surface area contributed by atoms with Gasteiger partial charge in [-0.15, -0.1) is 0 Å². The molecule has 1 aromatic carbocycles. The molecule has 1 fully saturated rings. The second-order valence-electron chi connectivity index (χ2n) is 7.88. The number of amides is 1. The third-order valence-electron chi connectivity index (χ3n) is 6.08. The molecule has 0 spiro atoms. The highest BCUT2D eigenvalue weighted by Gasteiger charge is 2.30. The van der Waals surface area contributed by atoms with Crippen LogP contribution in [0.1, 0.15) is 37.3 Å². The number of aliphatic carboxylic acids is 1. The lowest BCUT2D eigenvalue weighted by Crippen LogP contribution is -2.49. The summed E-state index contributed by atoms with van der Waals surface area (Å²) in [6.07, 6.45) is 3.70. The molecular formula is C21H31N3O3. The fourth-order valence-electron chi connectivity index (χ4n) is 4.35. The molecule has 1 N–H and O–H groups in total. The number of benzene rings is 1. The van der Waals surface area contributed by atoms with Crippen molar-refractivity contribution in [2.24, 2.45) is 0 Å². The van der Waals surface area contributed by atoms with Crippen LogP contribution in [0.4, 0.5) is 0 Å². The number of carboxylic acids is 1. The lowest BCUT2D eigenvalue weighted by Gasteiger charge is -2.35. The summed E-state index contributed by atoms with van der Waals surface area (Å²) in [5.74, 6) is -0.593. The van der Waals surface area contributed by atoms with Crippen LogP contribution >= 0.6 is 0 Å². The predicted octanol–water partition coefficient (Wildman–Crippen LogP) is 1.83. The molecule has 3 rings (SSSR count). The van der Waals surface area contributed by atoms with Crippen molar-refractivity contribution in [1.29, 1.82) is 0 Å². The zero-order valence-electron chi connectivity index (χ0n) is 16.4. The van der Waals surface area contributed by atoms with Crippen LogP contribution in [0.5, 0.6) is 0 Å². The fourth-order valence-corrected chi connectivity index (χ4v) is 4.35. The molecular weight excluding hydrogens is 342 g/mol. The highest BCUT2D eigenvalue weighted by atomic mass is 16.4. The first-order valence-electron chi connectivity index (χ1n) is 9.97. The van der Waals surface area contributed by atoms with Crippen molar-refractivity contribution in [2.75, 3.05) is 33.2 Å². The number of likely N-dealkylation sites (N-methyl/N-ethyl adjacent to an activating group) is 1. The SMILES string of the molecule is C[C@@H](C(=O)N1CCC[C@H](N(C)CC(=O)O)CC1)N1CCc2ccccc2C1. The quantitative estimate of drug-likeness (QED) is 0.853. The standard InChI is InChI=1S/C21H31N3O3/c1-16(24-12-9-17-6-3-4-7-18(17)14-24)21(27)23-11-5-8-19(10-13-23)22(2)15-20(25)26/h3-4,6-7,16,19H,5,8-15H2,1-2H3,(H,25,26)/t16-,19-/m0/s1. The molecule has 2 aliphatic heterocycles. The number of carbonyl (C=O) groups excluding carboxylic acids is 1. The first-order valence-corrected chi connectivity index (χ1v) is 9.97. The molecule has 6 heteroatoms. The fraction of sp³-hybridized carbons (Fsp3) is 0.619. The Morgan fingerprint density at radius 3 is 2.67 bits per heavy atom. The molecule has 1 aromatic rings. The normalized spacial score (nSPS) is 22.2. The molecule has 0 radical (unpaired) electrons. The third-order valence-corrected chi connectivity index (χ3v) is 6.08. The van der Waals surface area contributed by atoms with E-state index in [9.17, 15) is 9.59 Å². The van der Waals surface area contributed by atoms with Crippen molar-refractivity contribution >= 4 is 11.9 Å². The topological polar surface area (TPSA) is 64.1 Å². The average molecular weight is 373 g/mol. The molecule has 2 atom stereocenters. The molecule has 148 valence electrons. The monoisotopic (exact) mass is 373 g/mol. The summed E-state index contributed by atoms with van der Waals surface area (Å²) in [5, 5.41) is 9.00. The highest BCUT2D eigenvalue weighted by Crippen LogP contribution is 2.22. The summed E-state index contributed by atoms with van der Waals surface area (Å²) >= 11 is 0. The van der Waals surface area contributed by atoms with Gasteiger partial charge in [0.2, 0.25) is 5.91 Å². The van der Waals surface area contributed by atoms with Gasteiger partial charge in [0.25, 0.3) is 0 Å². The average Bonchev–Trinajstić information content (AvgIpc) is 2.92. The van der Waals surface area contributed by atoms with Gasteiger partial charge in [0.15, 0.2) is 0 Å². The number of hydrogen-bond acceptors (Lipinski definition) is 4. The van der Waals surface area contributed by atoms with Gasteiger partial charge in [-0.2, -0.15) is 0 Å². The smallest absolute Gasteiger partial charge is 0.317 e. The van der Waals surface area contributed by atoms with E-state index in [1.54, 1.807) is 0 Å². The molecule has 1 amide bonds. The van der Waals surface area contributed by atoms with Gasteiger partial charge in [-0.3, -0.25) is 19.4 Å². The maximum Gasteiger partial charge on any atom is 0.317 e. The molecule has 0 unspecified atom stereocenters. The van der Waals surface area contributed by atoms with Crippen molar-refractivity contribution in [3.05, 3.63) is 35.4 Å². The van der Waals surface area contributed by atoms with E-state index in [0.717, 1.165) is 45.3 Å². The van der Waals surface area contributed by atoms with Gasteiger partial charge in [0, 0.05) is 32.2 Å². The van der Waals surface area contributed by atoms with Crippen LogP contribution in [-0.2, 0) is 22.6 Å². The number of carbonyl (C=O) groups is 2. The Labute approximate surface area is 161 Å². The van der Waals surface area contributed by atoms with Gasteiger partial charge in [0.1, 0.15) is 0 Å². The minimum atomic E-state index is -0.798. The first kappa shape index (κ1) is 19.8. The summed E-state index contributed by atoms with van der Waals surface area (Å²) in [5.41, 5.74) is 2.72. The van der Waals surface area contributed by atoms with Gasteiger partial charge >= 0.3 is 5.97 Å². The van der Waals surface area contributed by atoms with E-state index in [4.69, 9.17) is 5.11 Å². The van der Waals surface area contributed by atoms with Crippen molar-refractivity contribution in [3.8, 4) is 0 Å². The van der Waals surface area contributed by atoms with Crippen LogP contribution < -0.4 is 0 Å². The maximum atomic E-state index is 13.1. The van der Waals surface area contributed by atoms with Crippen molar-refractivity contribution in [2.45, 2.75) is 51.2 Å². The Morgan fingerprint density at radius 2 is 1.93 bits per heavy atom. The maximum absolute atomic E-state index is 13.1. The summed E-state index contributed by atoms with van der Waals surface area (Å²) in [6.45, 7) is 5.31. The molecule has 0 aliphatic carbocycles. The Kier molecular flexibility index (Phi) is 6.50. The lowest BCUT2D eigenvalue weighted by molar-refractivity contribution is -0.139. The van der Waals surface area contributed by atoms with Gasteiger partial charge in [-0.05, 0) is 50.8 Å². The number of fused-ring (bicyclic) bond motifs is 1. The lowest BCUT2D eigenvalue weighted by atomic mass is 9.98.